The molecule has 1 atom stereocenters. The third-order valence-corrected chi connectivity index (χ3v) is 6.13. The first-order valence-corrected chi connectivity index (χ1v) is 9.81. The van der Waals surface area contributed by atoms with Crippen LogP contribution in [-0.2, 0) is 19.1 Å². The average molecular weight is 426 g/mol. The Bertz CT molecular complexity index is 1030. The molecule has 3 aromatic heterocycles. The maximum atomic E-state index is 12.9. The quantitative estimate of drug-likeness (QED) is 0.670. The van der Waals surface area contributed by atoms with Gasteiger partial charge in [-0.05, 0) is 32.4 Å². The van der Waals surface area contributed by atoms with Crippen molar-refractivity contribution in [2.45, 2.75) is 46.0 Å². The summed E-state index contributed by atoms with van der Waals surface area (Å²) >= 11 is 1.57. The van der Waals surface area contributed by atoms with Gasteiger partial charge in [0.25, 0.3) is 0 Å². The zero-order valence-corrected chi connectivity index (χ0v) is 17.2. The van der Waals surface area contributed by atoms with E-state index in [1.807, 2.05) is 20.8 Å². The number of aromatic nitrogens is 4. The van der Waals surface area contributed by atoms with Gasteiger partial charge in [-0.25, -0.2) is 9.78 Å². The molecule has 29 heavy (non-hydrogen) atoms. The van der Waals surface area contributed by atoms with E-state index < -0.39 is 11.7 Å². The maximum Gasteiger partial charge on any atom is 0.417 e. The van der Waals surface area contributed by atoms with Gasteiger partial charge in [-0.15, -0.1) is 21.5 Å². The topological polar surface area (TPSA) is 75.4 Å². The number of alkyl halides is 3. The lowest BCUT2D eigenvalue weighted by atomic mass is 10.2. The number of thiazole rings is 1. The molecule has 1 N–H and O–H groups in total. The van der Waals surface area contributed by atoms with Crippen molar-refractivity contribution in [1.82, 2.24) is 29.8 Å². The van der Waals surface area contributed by atoms with Gasteiger partial charge in [0, 0.05) is 18.1 Å². The molecule has 0 saturated heterocycles. The maximum absolute atomic E-state index is 12.9. The Morgan fingerprint density at radius 1 is 1.34 bits per heavy atom. The van der Waals surface area contributed by atoms with E-state index in [0.717, 1.165) is 34.3 Å². The lowest BCUT2D eigenvalue weighted by Crippen LogP contribution is -2.38. The molecule has 0 aliphatic heterocycles. The third kappa shape index (κ3) is 4.34. The molecular weight excluding hydrogens is 405 g/mol. The Labute approximate surface area is 169 Å². The van der Waals surface area contributed by atoms with E-state index >= 15 is 0 Å². The van der Waals surface area contributed by atoms with Crippen LogP contribution >= 0.6 is 11.3 Å². The summed E-state index contributed by atoms with van der Waals surface area (Å²) in [5, 5.41) is 11.4. The predicted octanol–water partition coefficient (Wildman–Crippen LogP) is 3.98. The minimum absolute atomic E-state index is 0.0553. The monoisotopic (exact) mass is 426 g/mol. The predicted molar refractivity (Wildman–Crippen MR) is 103 cm³/mol. The summed E-state index contributed by atoms with van der Waals surface area (Å²) in [4.78, 5) is 19.6. The van der Waals surface area contributed by atoms with Gasteiger partial charge < -0.3 is 10.2 Å². The van der Waals surface area contributed by atoms with Crippen LogP contribution in [0.3, 0.4) is 0 Å². The van der Waals surface area contributed by atoms with Crippen molar-refractivity contribution < 1.29 is 18.0 Å². The van der Waals surface area contributed by atoms with E-state index in [4.69, 9.17) is 0 Å². The lowest BCUT2D eigenvalue weighted by Gasteiger charge is -2.24. The molecule has 11 heteroatoms. The number of nitrogens with one attached hydrogen (secondary N) is 1. The van der Waals surface area contributed by atoms with E-state index in [1.165, 1.54) is 15.4 Å². The third-order valence-electron chi connectivity index (χ3n) is 4.66. The zero-order chi connectivity index (χ0) is 21.3. The van der Waals surface area contributed by atoms with Crippen molar-refractivity contribution in [3.63, 3.8) is 0 Å². The van der Waals surface area contributed by atoms with Crippen molar-refractivity contribution in [3.8, 4) is 0 Å². The molecule has 0 spiro atoms. The van der Waals surface area contributed by atoms with Crippen molar-refractivity contribution in [1.29, 1.82) is 0 Å². The van der Waals surface area contributed by atoms with Gasteiger partial charge in [-0.3, -0.25) is 4.40 Å². The summed E-state index contributed by atoms with van der Waals surface area (Å²) in [7, 11) is 1.66. The number of rotatable bonds is 5. The Hall–Kier alpha value is -2.69. The second kappa shape index (κ2) is 7.97. The number of urea groups is 1. The Kier molecular flexibility index (Phi) is 5.78. The van der Waals surface area contributed by atoms with Gasteiger partial charge in [0.2, 0.25) is 0 Å². The number of hydrogen-bond acceptors (Lipinski definition) is 5. The summed E-state index contributed by atoms with van der Waals surface area (Å²) in [6.07, 6.45) is -2.72. The standard InChI is InChI=1S/C18H21F3N6OS/c1-5-15-23-10(2)16(29-15)11(3)26(4)17(28)22-8-14-25-24-13-7-6-12(9-27(13)14)18(19,20)21/h6-7,9,11H,5,8H2,1-4H3,(H,22,28). The van der Waals surface area contributed by atoms with E-state index in [2.05, 4.69) is 20.5 Å². The van der Waals surface area contributed by atoms with Gasteiger partial charge >= 0.3 is 12.2 Å². The van der Waals surface area contributed by atoms with Crippen LogP contribution in [0.1, 0.15) is 46.9 Å². The number of amides is 2. The Morgan fingerprint density at radius 3 is 2.69 bits per heavy atom. The zero-order valence-electron chi connectivity index (χ0n) is 16.4. The van der Waals surface area contributed by atoms with E-state index in [9.17, 15) is 18.0 Å². The number of nitrogens with zero attached hydrogens (tertiary/aromatic N) is 5. The molecule has 0 aliphatic rings. The summed E-state index contributed by atoms with van der Waals surface area (Å²) in [6, 6.07) is 1.63. The number of halogens is 3. The summed E-state index contributed by atoms with van der Waals surface area (Å²) in [6.45, 7) is 5.78. The lowest BCUT2D eigenvalue weighted by molar-refractivity contribution is -0.137. The number of fused-ring (bicyclic) bond motifs is 1. The van der Waals surface area contributed by atoms with Crippen LogP contribution in [-0.4, -0.2) is 37.6 Å². The largest absolute Gasteiger partial charge is 0.417 e. The van der Waals surface area contributed by atoms with Crippen LogP contribution in [0.4, 0.5) is 18.0 Å². The fraction of sp³-hybridized carbons (Fsp3) is 0.444. The van der Waals surface area contributed by atoms with Crippen LogP contribution in [0, 0.1) is 6.92 Å². The van der Waals surface area contributed by atoms with Crippen LogP contribution in [0.15, 0.2) is 18.3 Å². The Morgan fingerprint density at radius 2 is 2.07 bits per heavy atom. The van der Waals surface area contributed by atoms with Crippen LogP contribution in [0.5, 0.6) is 0 Å². The van der Waals surface area contributed by atoms with Gasteiger partial charge in [0.05, 0.1) is 28.9 Å². The van der Waals surface area contributed by atoms with Gasteiger partial charge in [0.1, 0.15) is 0 Å². The van der Waals surface area contributed by atoms with Crippen LogP contribution < -0.4 is 5.32 Å². The molecule has 3 rings (SSSR count). The van der Waals surface area contributed by atoms with Gasteiger partial charge in [-0.2, -0.15) is 13.2 Å². The molecule has 3 heterocycles. The molecule has 0 aliphatic carbocycles. The van der Waals surface area contributed by atoms with E-state index in [-0.39, 0.29) is 30.1 Å². The minimum atomic E-state index is -4.47. The van der Waals surface area contributed by atoms with Gasteiger partial charge in [0.15, 0.2) is 11.5 Å². The van der Waals surface area contributed by atoms with Crippen molar-refractivity contribution in [2.24, 2.45) is 0 Å². The molecule has 156 valence electrons. The van der Waals surface area contributed by atoms with E-state index in [1.54, 1.807) is 18.4 Å². The summed E-state index contributed by atoms with van der Waals surface area (Å²) < 4.78 is 40.1. The number of pyridine rings is 1. The van der Waals surface area contributed by atoms with Crippen molar-refractivity contribution in [3.05, 3.63) is 45.3 Å². The van der Waals surface area contributed by atoms with Gasteiger partial charge in [-0.1, -0.05) is 6.92 Å². The smallest absolute Gasteiger partial charge is 0.331 e. The molecule has 0 bridgehead atoms. The fourth-order valence-electron chi connectivity index (χ4n) is 2.86. The first-order valence-electron chi connectivity index (χ1n) is 8.99. The molecule has 3 aromatic rings. The first-order chi connectivity index (χ1) is 13.6. The Balaban J connectivity index is 1.72. The second-order valence-corrected chi connectivity index (χ2v) is 7.73. The van der Waals surface area contributed by atoms with Crippen molar-refractivity contribution >= 4 is 23.0 Å². The highest BCUT2D eigenvalue weighted by molar-refractivity contribution is 7.11. The van der Waals surface area contributed by atoms with Crippen LogP contribution in [0.2, 0.25) is 0 Å². The highest BCUT2D eigenvalue weighted by atomic mass is 32.1. The normalized spacial score (nSPS) is 12.9. The molecule has 0 saturated carbocycles. The molecule has 1 unspecified atom stereocenters. The minimum Gasteiger partial charge on any atom is -0.331 e. The number of hydrogen-bond donors (Lipinski definition) is 1. The summed E-state index contributed by atoms with van der Waals surface area (Å²) in [5.74, 6) is 0.211. The van der Waals surface area contributed by atoms with Crippen molar-refractivity contribution in [2.75, 3.05) is 7.05 Å². The summed E-state index contributed by atoms with van der Waals surface area (Å²) in [5.41, 5.74) is 0.356. The number of carbonyl (C=O) groups excluding carboxylic acids is 1. The van der Waals surface area contributed by atoms with E-state index in [0.29, 0.717) is 0 Å². The highest BCUT2D eigenvalue weighted by Crippen LogP contribution is 2.30. The van der Waals surface area contributed by atoms with Crippen LogP contribution in [0.25, 0.3) is 5.65 Å². The molecule has 0 fully saturated rings. The molecule has 0 aromatic carbocycles. The molecular formula is C18H21F3N6OS. The molecule has 2 amide bonds. The number of carbonyl (C=O) groups is 1. The average Bonchev–Trinajstić information content (AvgIpc) is 3.26. The first kappa shape index (κ1) is 21.0. The SMILES string of the molecule is CCc1nc(C)c(C(C)N(C)C(=O)NCc2nnc3ccc(C(F)(F)F)cn23)s1. The molecule has 7 nitrogen and oxygen atoms in total. The highest BCUT2D eigenvalue weighted by Gasteiger charge is 2.31. The number of aryl methyl sites for hydroxylation is 2. The second-order valence-electron chi connectivity index (χ2n) is 6.62. The molecule has 0 radical (unpaired) electrons. The fourth-order valence-corrected chi connectivity index (χ4v) is 3.96.